The van der Waals surface area contributed by atoms with Crippen LogP contribution in [0.15, 0.2) is 42.6 Å². The van der Waals surface area contributed by atoms with Gasteiger partial charge in [-0.05, 0) is 52.9 Å². The van der Waals surface area contributed by atoms with Gasteiger partial charge in [-0.15, -0.1) is 0 Å². The van der Waals surface area contributed by atoms with Gasteiger partial charge >= 0.3 is 0 Å². The molecule has 0 aliphatic rings. The maximum Gasteiger partial charge on any atom is 0.130 e. The van der Waals surface area contributed by atoms with E-state index >= 15 is 0 Å². The number of nitrogens with one attached hydrogen (secondary N) is 1. The minimum Gasteiger partial charge on any atom is -0.487 e. The molecule has 0 unspecified atom stereocenters. The second-order valence-electron chi connectivity index (χ2n) is 3.43. The average Bonchev–Trinajstić information content (AvgIpc) is 2.37. The third-order valence-electron chi connectivity index (χ3n) is 2.17. The normalized spacial score (nSPS) is 10.0. The number of nitrogens with zero attached hydrogens (tertiary/aromatic N) is 1. The quantitative estimate of drug-likeness (QED) is 0.510. The van der Waals surface area contributed by atoms with Crippen molar-refractivity contribution >= 4 is 28.3 Å². The lowest BCUT2D eigenvalue weighted by molar-refractivity contribution is 0.301. The first-order valence-electron chi connectivity index (χ1n) is 5.08. The number of hydrogen-bond donors (Lipinski definition) is 2. The Kier molecular flexibility index (Phi) is 4.16. The number of pyridine rings is 1. The zero-order chi connectivity index (χ0) is 12.1. The van der Waals surface area contributed by atoms with Crippen molar-refractivity contribution in [3.8, 4) is 5.75 Å². The molecular formula is C12H12IN3O. The summed E-state index contributed by atoms with van der Waals surface area (Å²) in [6.45, 7) is 0.426. The Morgan fingerprint density at radius 3 is 2.94 bits per heavy atom. The van der Waals surface area contributed by atoms with Gasteiger partial charge < -0.3 is 10.2 Å². The average molecular weight is 341 g/mol. The number of ether oxygens (including phenoxy) is 1. The van der Waals surface area contributed by atoms with Crippen molar-refractivity contribution < 1.29 is 4.74 Å². The minimum atomic E-state index is 0.426. The molecule has 2 aromatic rings. The van der Waals surface area contributed by atoms with E-state index in [0.29, 0.717) is 6.61 Å². The van der Waals surface area contributed by atoms with Crippen LogP contribution < -0.4 is 16.0 Å². The number of nitrogen functional groups attached to an aromatic ring is 1. The van der Waals surface area contributed by atoms with Crippen LogP contribution in [0.4, 0.5) is 5.69 Å². The van der Waals surface area contributed by atoms with Crippen molar-refractivity contribution in [3.63, 3.8) is 0 Å². The predicted molar refractivity (Wildman–Crippen MR) is 75.5 cm³/mol. The number of anilines is 1. The van der Waals surface area contributed by atoms with E-state index in [1.54, 1.807) is 12.3 Å². The van der Waals surface area contributed by atoms with Gasteiger partial charge in [-0.25, -0.2) is 0 Å². The Balaban J connectivity index is 2.02. The monoisotopic (exact) mass is 341 g/mol. The highest BCUT2D eigenvalue weighted by molar-refractivity contribution is 14.1. The smallest absolute Gasteiger partial charge is 0.130 e. The molecule has 1 heterocycles. The van der Waals surface area contributed by atoms with Crippen LogP contribution in [0.5, 0.6) is 5.75 Å². The maximum atomic E-state index is 5.64. The number of hydrazine groups is 1. The molecule has 2 rings (SSSR count). The van der Waals surface area contributed by atoms with E-state index in [0.717, 1.165) is 20.7 Å². The van der Waals surface area contributed by atoms with Gasteiger partial charge in [0, 0.05) is 9.77 Å². The van der Waals surface area contributed by atoms with E-state index in [9.17, 15) is 0 Å². The number of halogens is 1. The van der Waals surface area contributed by atoms with Gasteiger partial charge in [0.1, 0.15) is 12.4 Å². The van der Waals surface area contributed by atoms with Gasteiger partial charge in [-0.1, -0.05) is 6.07 Å². The number of hydrogen-bond acceptors (Lipinski definition) is 4. The van der Waals surface area contributed by atoms with Gasteiger partial charge in [0.15, 0.2) is 0 Å². The summed E-state index contributed by atoms with van der Waals surface area (Å²) in [6, 6.07) is 11.5. The molecular weight excluding hydrogens is 329 g/mol. The van der Waals surface area contributed by atoms with Crippen LogP contribution >= 0.6 is 22.6 Å². The molecule has 17 heavy (non-hydrogen) atoms. The van der Waals surface area contributed by atoms with Crippen LogP contribution in [0.2, 0.25) is 0 Å². The molecule has 0 amide bonds. The molecule has 0 fully saturated rings. The molecule has 1 aromatic carbocycles. The molecule has 0 aliphatic heterocycles. The number of benzene rings is 1. The molecule has 5 heteroatoms. The van der Waals surface area contributed by atoms with Crippen LogP contribution in [-0.4, -0.2) is 4.98 Å². The lowest BCUT2D eigenvalue weighted by Gasteiger charge is -2.07. The van der Waals surface area contributed by atoms with E-state index < -0.39 is 0 Å². The van der Waals surface area contributed by atoms with E-state index in [4.69, 9.17) is 10.6 Å². The molecule has 0 saturated heterocycles. The molecule has 0 spiro atoms. The van der Waals surface area contributed by atoms with Crippen molar-refractivity contribution in [2.24, 2.45) is 5.84 Å². The van der Waals surface area contributed by atoms with Gasteiger partial charge in [0.2, 0.25) is 0 Å². The first kappa shape index (κ1) is 12.1. The van der Waals surface area contributed by atoms with E-state index in [2.05, 4.69) is 33.0 Å². The van der Waals surface area contributed by atoms with Gasteiger partial charge in [-0.2, -0.15) is 0 Å². The Labute approximate surface area is 113 Å². The summed E-state index contributed by atoms with van der Waals surface area (Å²) in [4.78, 5) is 4.20. The summed E-state index contributed by atoms with van der Waals surface area (Å²) < 4.78 is 6.78. The van der Waals surface area contributed by atoms with Crippen LogP contribution in [0, 0.1) is 3.57 Å². The number of rotatable bonds is 4. The number of aromatic nitrogens is 1. The molecule has 1 aromatic heterocycles. The summed E-state index contributed by atoms with van der Waals surface area (Å²) >= 11 is 2.25. The van der Waals surface area contributed by atoms with Crippen LogP contribution in [0.25, 0.3) is 0 Å². The highest BCUT2D eigenvalue weighted by atomic mass is 127. The largest absolute Gasteiger partial charge is 0.487 e. The number of nitrogens with two attached hydrogens (primary N) is 1. The molecule has 0 bridgehead atoms. The van der Waals surface area contributed by atoms with Crippen molar-refractivity contribution in [1.29, 1.82) is 0 Å². The Hall–Kier alpha value is -1.34. The van der Waals surface area contributed by atoms with Crippen molar-refractivity contribution in [2.45, 2.75) is 6.61 Å². The van der Waals surface area contributed by atoms with Crippen LogP contribution in [0.3, 0.4) is 0 Å². The second-order valence-corrected chi connectivity index (χ2v) is 4.67. The van der Waals surface area contributed by atoms with E-state index in [1.807, 2.05) is 30.3 Å². The van der Waals surface area contributed by atoms with Crippen molar-refractivity contribution in [1.82, 2.24) is 4.98 Å². The molecule has 4 nitrogen and oxygen atoms in total. The first-order valence-corrected chi connectivity index (χ1v) is 6.16. The van der Waals surface area contributed by atoms with Crippen molar-refractivity contribution in [2.75, 3.05) is 5.43 Å². The fourth-order valence-electron chi connectivity index (χ4n) is 1.36. The fourth-order valence-corrected chi connectivity index (χ4v) is 1.88. The summed E-state index contributed by atoms with van der Waals surface area (Å²) in [7, 11) is 0. The lowest BCUT2D eigenvalue weighted by Crippen LogP contribution is -2.08. The first-order chi connectivity index (χ1) is 8.28. The predicted octanol–water partition coefficient (Wildman–Crippen LogP) is 2.55. The Bertz CT molecular complexity index is 505. The zero-order valence-electron chi connectivity index (χ0n) is 9.06. The van der Waals surface area contributed by atoms with Crippen molar-refractivity contribution in [3.05, 3.63) is 51.9 Å². The lowest BCUT2D eigenvalue weighted by atomic mass is 10.3. The standard InChI is InChI=1S/C12H12IN3O/c13-9-2-1-3-12(6-9)17-8-11-7-10(16-14)4-5-15-11/h1-7H,8,14H2,(H,15,16). The zero-order valence-corrected chi connectivity index (χ0v) is 11.2. The SMILES string of the molecule is NNc1ccnc(COc2cccc(I)c2)c1. The molecule has 0 radical (unpaired) electrons. The fraction of sp³-hybridized carbons (Fsp3) is 0.0833. The molecule has 3 N–H and O–H groups in total. The molecule has 0 aliphatic carbocycles. The second kappa shape index (κ2) is 5.83. The van der Waals surface area contributed by atoms with E-state index in [-0.39, 0.29) is 0 Å². The Morgan fingerprint density at radius 1 is 1.29 bits per heavy atom. The molecule has 0 saturated carbocycles. The Morgan fingerprint density at radius 2 is 2.18 bits per heavy atom. The van der Waals surface area contributed by atoms with E-state index in [1.165, 1.54) is 0 Å². The highest BCUT2D eigenvalue weighted by Crippen LogP contribution is 2.16. The van der Waals surface area contributed by atoms with Crippen LogP contribution in [-0.2, 0) is 6.61 Å². The molecule has 0 atom stereocenters. The van der Waals surface area contributed by atoms with Gasteiger partial charge in [0.05, 0.1) is 11.4 Å². The molecule has 88 valence electrons. The summed E-state index contributed by atoms with van der Waals surface area (Å²) in [5, 5.41) is 0. The summed E-state index contributed by atoms with van der Waals surface area (Å²) in [6.07, 6.45) is 1.70. The van der Waals surface area contributed by atoms with Gasteiger partial charge in [0.25, 0.3) is 0 Å². The van der Waals surface area contributed by atoms with Gasteiger partial charge in [-0.3, -0.25) is 10.8 Å². The third-order valence-corrected chi connectivity index (χ3v) is 2.84. The topological polar surface area (TPSA) is 60.2 Å². The highest BCUT2D eigenvalue weighted by Gasteiger charge is 1.99. The third kappa shape index (κ3) is 3.57. The summed E-state index contributed by atoms with van der Waals surface area (Å²) in [5.74, 6) is 6.16. The summed E-state index contributed by atoms with van der Waals surface area (Å²) in [5.41, 5.74) is 4.23. The minimum absolute atomic E-state index is 0.426. The maximum absolute atomic E-state index is 5.64. The van der Waals surface area contributed by atoms with Crippen LogP contribution in [0.1, 0.15) is 5.69 Å².